The van der Waals surface area contributed by atoms with Crippen LogP contribution in [0.15, 0.2) is 12.3 Å². The Kier molecular flexibility index (Phi) is 3.63. The molecule has 2 rings (SSSR count). The number of anilines is 2. The first kappa shape index (κ1) is 13.6. The van der Waals surface area contributed by atoms with E-state index >= 15 is 0 Å². The van der Waals surface area contributed by atoms with Crippen molar-refractivity contribution in [1.29, 1.82) is 5.26 Å². The molecule has 2 atom stereocenters. The van der Waals surface area contributed by atoms with Gasteiger partial charge < -0.3 is 15.8 Å². The number of pyridine rings is 1. The molecule has 1 saturated carbocycles. The zero-order chi connectivity index (χ0) is 14.0. The second-order valence-corrected chi connectivity index (χ2v) is 5.47. The van der Waals surface area contributed by atoms with Crippen LogP contribution >= 0.6 is 0 Å². The highest BCUT2D eigenvalue weighted by atomic mass is 16.5. The summed E-state index contributed by atoms with van der Waals surface area (Å²) in [7, 11) is 0. The summed E-state index contributed by atoms with van der Waals surface area (Å²) in [5.74, 6) is 0.602. The molecule has 0 bridgehead atoms. The Morgan fingerprint density at radius 2 is 2.37 bits per heavy atom. The van der Waals surface area contributed by atoms with E-state index in [1.54, 1.807) is 12.3 Å². The lowest BCUT2D eigenvalue weighted by Gasteiger charge is -2.51. The van der Waals surface area contributed by atoms with Gasteiger partial charge >= 0.3 is 0 Å². The van der Waals surface area contributed by atoms with Gasteiger partial charge in [0.05, 0.1) is 23.6 Å². The molecule has 1 aromatic rings. The molecule has 3 N–H and O–H groups in total. The summed E-state index contributed by atoms with van der Waals surface area (Å²) in [6.45, 7) is 7.06. The molecule has 0 aliphatic heterocycles. The lowest BCUT2D eigenvalue weighted by molar-refractivity contribution is -0.0976. The smallest absolute Gasteiger partial charge is 0.144 e. The quantitative estimate of drug-likeness (QED) is 0.866. The largest absolute Gasteiger partial charge is 0.397 e. The average Bonchev–Trinajstić information content (AvgIpc) is 2.39. The average molecular weight is 260 g/mol. The highest BCUT2D eigenvalue weighted by Crippen LogP contribution is 2.44. The van der Waals surface area contributed by atoms with Crippen molar-refractivity contribution in [2.75, 3.05) is 17.7 Å². The third kappa shape index (κ3) is 2.49. The minimum absolute atomic E-state index is 0.0335. The third-order valence-corrected chi connectivity index (χ3v) is 3.89. The molecule has 102 valence electrons. The Labute approximate surface area is 113 Å². The number of nitrogens with zero attached hydrogens (tertiary/aromatic N) is 2. The molecular weight excluding hydrogens is 240 g/mol. The van der Waals surface area contributed by atoms with E-state index in [0.29, 0.717) is 17.1 Å². The summed E-state index contributed by atoms with van der Waals surface area (Å²) in [5.41, 5.74) is 6.65. The fourth-order valence-electron chi connectivity index (χ4n) is 2.46. The van der Waals surface area contributed by atoms with Crippen molar-refractivity contribution in [1.82, 2.24) is 4.98 Å². The van der Waals surface area contributed by atoms with Gasteiger partial charge in [0.25, 0.3) is 0 Å². The van der Waals surface area contributed by atoms with Gasteiger partial charge in [-0.1, -0.05) is 13.8 Å². The molecule has 1 aromatic heterocycles. The van der Waals surface area contributed by atoms with E-state index in [1.165, 1.54) is 0 Å². The van der Waals surface area contributed by atoms with Crippen LogP contribution < -0.4 is 11.1 Å². The van der Waals surface area contributed by atoms with Crippen molar-refractivity contribution >= 4 is 11.5 Å². The Bertz CT molecular complexity index is 507. The Morgan fingerprint density at radius 1 is 1.63 bits per heavy atom. The summed E-state index contributed by atoms with van der Waals surface area (Å²) in [6.07, 6.45) is 2.75. The summed E-state index contributed by atoms with van der Waals surface area (Å²) in [4.78, 5) is 4.21. The van der Waals surface area contributed by atoms with E-state index in [-0.39, 0.29) is 17.6 Å². The van der Waals surface area contributed by atoms with Crippen molar-refractivity contribution in [2.24, 2.45) is 5.41 Å². The molecule has 2 unspecified atom stereocenters. The van der Waals surface area contributed by atoms with Crippen molar-refractivity contribution in [3.63, 3.8) is 0 Å². The molecular formula is C14H20N4O. The highest BCUT2D eigenvalue weighted by molar-refractivity contribution is 5.58. The van der Waals surface area contributed by atoms with E-state index in [2.05, 4.69) is 30.2 Å². The maximum absolute atomic E-state index is 9.10. The van der Waals surface area contributed by atoms with Crippen LogP contribution in [0.3, 0.4) is 0 Å². The maximum atomic E-state index is 9.10. The van der Waals surface area contributed by atoms with Crippen LogP contribution in [-0.4, -0.2) is 23.7 Å². The fourth-order valence-corrected chi connectivity index (χ4v) is 2.46. The summed E-state index contributed by atoms with van der Waals surface area (Å²) < 4.78 is 5.69. The van der Waals surface area contributed by atoms with Crippen LogP contribution in [0, 0.1) is 16.7 Å². The normalized spacial score (nSPS) is 24.3. The number of hydrogen-bond acceptors (Lipinski definition) is 5. The van der Waals surface area contributed by atoms with Crippen LogP contribution in [0.25, 0.3) is 0 Å². The zero-order valence-corrected chi connectivity index (χ0v) is 11.6. The minimum atomic E-state index is 0.0335. The lowest BCUT2D eigenvalue weighted by atomic mass is 9.64. The molecule has 0 spiro atoms. The lowest BCUT2D eigenvalue weighted by Crippen LogP contribution is -2.58. The molecule has 1 fully saturated rings. The third-order valence-electron chi connectivity index (χ3n) is 3.89. The summed E-state index contributed by atoms with van der Waals surface area (Å²) in [5, 5.41) is 12.4. The van der Waals surface area contributed by atoms with Crippen LogP contribution in [0.5, 0.6) is 0 Å². The van der Waals surface area contributed by atoms with Gasteiger partial charge in [-0.2, -0.15) is 5.26 Å². The molecule has 19 heavy (non-hydrogen) atoms. The first-order valence-electron chi connectivity index (χ1n) is 6.52. The van der Waals surface area contributed by atoms with Gasteiger partial charge in [0, 0.05) is 18.1 Å². The number of aromatic nitrogens is 1. The number of rotatable bonds is 4. The predicted octanol–water partition coefficient (Wildman–Crippen LogP) is 2.15. The topological polar surface area (TPSA) is 84.0 Å². The van der Waals surface area contributed by atoms with Crippen molar-refractivity contribution < 1.29 is 4.74 Å². The van der Waals surface area contributed by atoms with Gasteiger partial charge in [-0.15, -0.1) is 0 Å². The number of ether oxygens (including phenoxy) is 1. The molecule has 0 saturated heterocycles. The van der Waals surface area contributed by atoms with E-state index in [0.717, 1.165) is 13.0 Å². The standard InChI is InChI=1S/C14H20N4O/c1-4-19-12-6-11(14(12,2)3)18-13-9(7-15)5-10(16)8-17-13/h5,8,11-12H,4,6,16H2,1-3H3,(H,17,18). The van der Waals surface area contributed by atoms with Crippen LogP contribution in [0.4, 0.5) is 11.5 Å². The Balaban J connectivity index is 2.10. The molecule has 0 aromatic carbocycles. The fraction of sp³-hybridized carbons (Fsp3) is 0.571. The molecule has 1 heterocycles. The minimum Gasteiger partial charge on any atom is -0.397 e. The van der Waals surface area contributed by atoms with E-state index in [9.17, 15) is 0 Å². The number of nitrogens with one attached hydrogen (secondary N) is 1. The van der Waals surface area contributed by atoms with Crippen LogP contribution in [0.1, 0.15) is 32.8 Å². The predicted molar refractivity (Wildman–Crippen MR) is 74.6 cm³/mol. The summed E-state index contributed by atoms with van der Waals surface area (Å²) >= 11 is 0. The van der Waals surface area contributed by atoms with Crippen molar-refractivity contribution in [3.8, 4) is 6.07 Å². The molecule has 1 aliphatic carbocycles. The van der Waals surface area contributed by atoms with E-state index in [4.69, 9.17) is 15.7 Å². The van der Waals surface area contributed by atoms with Gasteiger partial charge in [0.1, 0.15) is 11.9 Å². The molecule has 0 radical (unpaired) electrons. The van der Waals surface area contributed by atoms with Gasteiger partial charge in [-0.25, -0.2) is 4.98 Å². The van der Waals surface area contributed by atoms with Gasteiger partial charge in [-0.3, -0.25) is 0 Å². The number of nitrogen functional groups attached to an aromatic ring is 1. The second kappa shape index (κ2) is 5.06. The van der Waals surface area contributed by atoms with E-state index < -0.39 is 0 Å². The van der Waals surface area contributed by atoms with Crippen molar-refractivity contribution in [3.05, 3.63) is 17.8 Å². The monoisotopic (exact) mass is 260 g/mol. The Morgan fingerprint density at radius 3 is 2.95 bits per heavy atom. The van der Waals surface area contributed by atoms with Gasteiger partial charge in [0.15, 0.2) is 0 Å². The Hall–Kier alpha value is -1.80. The first-order chi connectivity index (χ1) is 8.98. The second-order valence-electron chi connectivity index (χ2n) is 5.47. The van der Waals surface area contributed by atoms with Crippen LogP contribution in [-0.2, 0) is 4.74 Å². The molecule has 1 aliphatic rings. The zero-order valence-electron chi connectivity index (χ0n) is 11.6. The SMILES string of the molecule is CCOC1CC(Nc2ncc(N)cc2C#N)C1(C)C. The first-order valence-corrected chi connectivity index (χ1v) is 6.52. The molecule has 0 amide bonds. The maximum Gasteiger partial charge on any atom is 0.144 e. The summed E-state index contributed by atoms with van der Waals surface area (Å²) in [6, 6.07) is 4.01. The molecule has 5 nitrogen and oxygen atoms in total. The molecule has 5 heteroatoms. The van der Waals surface area contributed by atoms with Crippen molar-refractivity contribution in [2.45, 2.75) is 39.3 Å². The van der Waals surface area contributed by atoms with Gasteiger partial charge in [0.2, 0.25) is 0 Å². The number of hydrogen-bond donors (Lipinski definition) is 2. The number of nitrogens with two attached hydrogens (primary N) is 1. The number of nitriles is 1. The van der Waals surface area contributed by atoms with E-state index in [1.807, 2.05) is 6.92 Å². The van der Waals surface area contributed by atoms with Crippen LogP contribution in [0.2, 0.25) is 0 Å². The van der Waals surface area contributed by atoms with Gasteiger partial charge in [-0.05, 0) is 19.4 Å². The highest BCUT2D eigenvalue weighted by Gasteiger charge is 2.49.